The number of amides is 1. The Kier molecular flexibility index (Phi) is 6.97. The summed E-state index contributed by atoms with van der Waals surface area (Å²) in [5.41, 5.74) is 12.5. The molecule has 162 valence electrons. The number of hydrogen-bond donors (Lipinski definition) is 4. The van der Waals surface area contributed by atoms with Gasteiger partial charge in [0, 0.05) is 23.5 Å². The van der Waals surface area contributed by atoms with Crippen molar-refractivity contribution >= 4 is 17.6 Å². The van der Waals surface area contributed by atoms with Gasteiger partial charge in [-0.3, -0.25) is 4.79 Å². The molecule has 7 nitrogen and oxygen atoms in total. The molecule has 30 heavy (non-hydrogen) atoms. The Labute approximate surface area is 176 Å². The van der Waals surface area contributed by atoms with Gasteiger partial charge in [0.25, 0.3) is 0 Å². The molecule has 3 unspecified atom stereocenters. The van der Waals surface area contributed by atoms with E-state index in [-0.39, 0.29) is 42.0 Å². The third-order valence-corrected chi connectivity index (χ3v) is 5.77. The van der Waals surface area contributed by atoms with E-state index in [2.05, 4.69) is 22.2 Å². The first-order chi connectivity index (χ1) is 14.4. The van der Waals surface area contributed by atoms with Crippen molar-refractivity contribution in [2.75, 3.05) is 18.5 Å². The quantitative estimate of drug-likeness (QED) is 0.554. The molecule has 1 heterocycles. The van der Waals surface area contributed by atoms with Crippen molar-refractivity contribution in [1.29, 1.82) is 0 Å². The summed E-state index contributed by atoms with van der Waals surface area (Å²) in [5, 5.41) is 6.06. The maximum absolute atomic E-state index is 14.7. The lowest BCUT2D eigenvalue weighted by molar-refractivity contribution is -0.123. The maximum atomic E-state index is 14.7. The van der Waals surface area contributed by atoms with Crippen molar-refractivity contribution < 1.29 is 13.9 Å². The number of halogens is 1. The first kappa shape index (κ1) is 21.7. The molecular formula is C22H30FN5O2. The molecule has 0 saturated heterocycles. The molecular weight excluding hydrogens is 385 g/mol. The molecule has 2 aliphatic rings. The lowest BCUT2D eigenvalue weighted by atomic mass is 9.90. The number of alkyl halides is 1. The van der Waals surface area contributed by atoms with Crippen LogP contribution >= 0.6 is 0 Å². The summed E-state index contributed by atoms with van der Waals surface area (Å²) < 4.78 is 20.5. The van der Waals surface area contributed by atoms with Crippen LogP contribution in [-0.4, -0.2) is 37.2 Å². The highest BCUT2D eigenvalue weighted by Crippen LogP contribution is 2.40. The van der Waals surface area contributed by atoms with Gasteiger partial charge in [0.05, 0.1) is 12.5 Å². The van der Waals surface area contributed by atoms with Gasteiger partial charge in [0.15, 0.2) is 12.1 Å². The predicted molar refractivity (Wildman–Crippen MR) is 117 cm³/mol. The lowest BCUT2D eigenvalue weighted by Crippen LogP contribution is -2.45. The minimum atomic E-state index is -1.45. The fourth-order valence-corrected chi connectivity index (χ4v) is 4.25. The fourth-order valence-electron chi connectivity index (χ4n) is 4.25. The number of nitrogens with one attached hydrogen (secondary N) is 2. The van der Waals surface area contributed by atoms with Gasteiger partial charge in [-0.1, -0.05) is 38.1 Å². The molecule has 1 aromatic carbocycles. The van der Waals surface area contributed by atoms with Crippen molar-refractivity contribution in [3.05, 3.63) is 48.7 Å². The van der Waals surface area contributed by atoms with E-state index >= 15 is 0 Å². The Morgan fingerprint density at radius 3 is 2.97 bits per heavy atom. The summed E-state index contributed by atoms with van der Waals surface area (Å²) in [6, 6.07) is 6.96. The van der Waals surface area contributed by atoms with E-state index in [1.165, 1.54) is 0 Å². The number of guanidine groups is 1. The van der Waals surface area contributed by atoms with Gasteiger partial charge in [-0.2, -0.15) is 0 Å². The van der Waals surface area contributed by atoms with E-state index in [1.54, 1.807) is 6.07 Å². The van der Waals surface area contributed by atoms with Gasteiger partial charge in [0.1, 0.15) is 12.4 Å². The molecule has 0 aromatic heterocycles. The summed E-state index contributed by atoms with van der Waals surface area (Å²) in [5.74, 6) is 0.110. The van der Waals surface area contributed by atoms with E-state index in [1.807, 2.05) is 37.3 Å². The van der Waals surface area contributed by atoms with Crippen LogP contribution in [0, 0.1) is 17.8 Å². The van der Waals surface area contributed by atoms with Crippen LogP contribution in [0.25, 0.3) is 0 Å². The second-order valence-corrected chi connectivity index (χ2v) is 7.78. The topological polar surface area (TPSA) is 115 Å². The number of nitrogens with zero attached hydrogens (tertiary/aromatic N) is 1. The van der Waals surface area contributed by atoms with E-state index in [4.69, 9.17) is 16.2 Å². The van der Waals surface area contributed by atoms with Crippen LogP contribution in [0.1, 0.15) is 19.8 Å². The third-order valence-electron chi connectivity index (χ3n) is 5.77. The van der Waals surface area contributed by atoms with Gasteiger partial charge in [0.2, 0.25) is 5.91 Å². The first-order valence-corrected chi connectivity index (χ1v) is 10.2. The van der Waals surface area contributed by atoms with Gasteiger partial charge in [-0.25, -0.2) is 9.38 Å². The Morgan fingerprint density at radius 2 is 2.23 bits per heavy atom. The molecule has 0 spiro atoms. The van der Waals surface area contributed by atoms with Crippen LogP contribution in [0.2, 0.25) is 0 Å². The van der Waals surface area contributed by atoms with E-state index < -0.39 is 12.1 Å². The normalized spacial score (nSPS) is 30.8. The number of carbonyl (C=O) groups is 1. The fraction of sp³-hybridized carbons (Fsp3) is 0.455. The Morgan fingerprint density at radius 1 is 1.43 bits per heavy atom. The summed E-state index contributed by atoms with van der Waals surface area (Å²) in [6.45, 7) is 6.04. The third kappa shape index (κ3) is 5.11. The molecule has 0 radical (unpaired) electrons. The van der Waals surface area contributed by atoms with Crippen LogP contribution in [0.4, 0.5) is 10.1 Å². The molecule has 1 aliphatic heterocycles. The lowest BCUT2D eigenvalue weighted by Gasteiger charge is -2.27. The zero-order valence-corrected chi connectivity index (χ0v) is 17.2. The number of aliphatic imine (C=N–C) groups is 1. The second kappa shape index (κ2) is 9.65. The Balaban J connectivity index is 1.89. The first-order valence-electron chi connectivity index (χ1n) is 10.2. The number of primary amides is 1. The number of anilines is 1. The SMILES string of the molecule is C=C1N[C@@H]2C(/C=C\COc3cccc(c3)NC(N)=NCC1F)CC(CC)[C@@H]2C(N)=O. The van der Waals surface area contributed by atoms with Crippen molar-refractivity contribution in [3.63, 3.8) is 0 Å². The minimum absolute atomic E-state index is 0.00878. The van der Waals surface area contributed by atoms with E-state index in [0.29, 0.717) is 18.0 Å². The van der Waals surface area contributed by atoms with Crippen LogP contribution < -0.4 is 26.8 Å². The van der Waals surface area contributed by atoms with Gasteiger partial charge in [-0.15, -0.1) is 0 Å². The number of ether oxygens (including phenoxy) is 1. The van der Waals surface area contributed by atoms with Crippen LogP contribution in [0.3, 0.4) is 0 Å². The number of fused-ring (bicyclic) bond motifs is 3. The van der Waals surface area contributed by atoms with Gasteiger partial charge < -0.3 is 26.8 Å². The minimum Gasteiger partial charge on any atom is -0.489 e. The average molecular weight is 416 g/mol. The van der Waals surface area contributed by atoms with Crippen LogP contribution in [-0.2, 0) is 4.79 Å². The highest BCUT2D eigenvalue weighted by atomic mass is 19.1. The van der Waals surface area contributed by atoms with Crippen molar-refractivity contribution in [3.8, 4) is 5.75 Å². The molecule has 2 bridgehead atoms. The molecule has 1 aromatic rings. The standard InChI is InChI=1S/C22H30FN5O2/c1-3-14-10-15-6-5-9-30-17-8-4-7-16(11-17)28-22(25)26-12-18(23)13(2)27-20(15)19(14)21(24)29/h4-8,11,14-15,18-20,27H,2-3,9-10,12H2,1H3,(H2,24,29)(H3,25,26,28)/b6-5-/t14?,15?,18?,19-,20+/m0/s1. The number of benzene rings is 1. The molecule has 3 rings (SSSR count). The predicted octanol–water partition coefficient (Wildman–Crippen LogP) is 2.32. The zero-order chi connectivity index (χ0) is 21.7. The number of rotatable bonds is 2. The van der Waals surface area contributed by atoms with Crippen molar-refractivity contribution in [1.82, 2.24) is 5.32 Å². The molecule has 5 atom stereocenters. The zero-order valence-electron chi connectivity index (χ0n) is 17.2. The summed E-state index contributed by atoms with van der Waals surface area (Å²) >= 11 is 0. The highest BCUT2D eigenvalue weighted by Gasteiger charge is 2.44. The number of hydrogen-bond acceptors (Lipinski definition) is 6. The van der Waals surface area contributed by atoms with Crippen LogP contribution in [0.5, 0.6) is 5.75 Å². The highest BCUT2D eigenvalue weighted by molar-refractivity contribution is 5.92. The molecule has 6 N–H and O–H groups in total. The summed E-state index contributed by atoms with van der Waals surface area (Å²) in [6.07, 6.45) is 4.09. The summed E-state index contributed by atoms with van der Waals surface area (Å²) in [7, 11) is 0. The monoisotopic (exact) mass is 415 g/mol. The molecule has 1 saturated carbocycles. The Hall–Kier alpha value is -3.03. The average Bonchev–Trinajstić information content (AvgIpc) is 3.06. The number of carbonyl (C=O) groups excluding carboxylic acids is 1. The molecule has 1 aliphatic carbocycles. The van der Waals surface area contributed by atoms with Crippen LogP contribution in [0.15, 0.2) is 53.7 Å². The number of nitrogens with two attached hydrogens (primary N) is 2. The Bertz CT molecular complexity index is 841. The van der Waals surface area contributed by atoms with Crippen molar-refractivity contribution in [2.24, 2.45) is 34.2 Å². The van der Waals surface area contributed by atoms with E-state index in [9.17, 15) is 9.18 Å². The maximum Gasteiger partial charge on any atom is 0.222 e. The van der Waals surface area contributed by atoms with Gasteiger partial charge in [-0.05, 0) is 30.4 Å². The molecule has 1 fully saturated rings. The second-order valence-electron chi connectivity index (χ2n) is 7.78. The largest absolute Gasteiger partial charge is 0.489 e. The van der Waals surface area contributed by atoms with Crippen molar-refractivity contribution in [2.45, 2.75) is 32.0 Å². The van der Waals surface area contributed by atoms with Gasteiger partial charge >= 0.3 is 0 Å². The molecule has 1 amide bonds. The summed E-state index contributed by atoms with van der Waals surface area (Å²) in [4.78, 5) is 16.2. The van der Waals surface area contributed by atoms with E-state index in [0.717, 1.165) is 12.8 Å². The smallest absolute Gasteiger partial charge is 0.222 e. The molecule has 8 heteroatoms.